The zero-order valence-electron chi connectivity index (χ0n) is 13.6. The van der Waals surface area contributed by atoms with Crippen molar-refractivity contribution in [1.29, 1.82) is 0 Å². The molecule has 0 saturated heterocycles. The molecule has 3 aromatic heterocycles. The molecule has 0 saturated carbocycles. The van der Waals surface area contributed by atoms with Gasteiger partial charge in [-0.1, -0.05) is 17.3 Å². The second-order valence-corrected chi connectivity index (χ2v) is 5.65. The predicted molar refractivity (Wildman–Crippen MR) is 90.1 cm³/mol. The van der Waals surface area contributed by atoms with Crippen LogP contribution < -0.4 is 5.56 Å². The van der Waals surface area contributed by atoms with Crippen LogP contribution in [0.3, 0.4) is 0 Å². The smallest absolute Gasteiger partial charge is 0.294 e. The standard InChI is InChI=1S/C16H12N6O4/c1-10-6-11(26-19-10)8-20-9-17-15-12(16(20)23)7-18-21(15)13-4-2-3-5-14(13)22(24)25/h2-7,9H,8H2,1H3. The molecule has 0 N–H and O–H groups in total. The lowest BCUT2D eigenvalue weighted by Crippen LogP contribution is -2.21. The highest BCUT2D eigenvalue weighted by Crippen LogP contribution is 2.23. The third-order valence-electron chi connectivity index (χ3n) is 3.86. The van der Waals surface area contributed by atoms with Gasteiger partial charge in [0, 0.05) is 12.1 Å². The Morgan fingerprint density at radius 1 is 1.31 bits per heavy atom. The van der Waals surface area contributed by atoms with Crippen molar-refractivity contribution in [3.63, 3.8) is 0 Å². The van der Waals surface area contributed by atoms with E-state index in [0.29, 0.717) is 11.5 Å². The van der Waals surface area contributed by atoms with Crippen molar-refractivity contribution in [3.05, 3.63) is 74.8 Å². The first-order valence-corrected chi connectivity index (χ1v) is 7.64. The van der Waals surface area contributed by atoms with E-state index in [9.17, 15) is 14.9 Å². The predicted octanol–water partition coefficient (Wildman–Crippen LogP) is 1.84. The van der Waals surface area contributed by atoms with Gasteiger partial charge in [-0.3, -0.25) is 19.5 Å². The minimum Gasteiger partial charge on any atom is -0.359 e. The summed E-state index contributed by atoms with van der Waals surface area (Å²) in [5.41, 5.74) is 0.748. The first-order chi connectivity index (χ1) is 12.5. The van der Waals surface area contributed by atoms with Crippen molar-refractivity contribution in [2.45, 2.75) is 13.5 Å². The van der Waals surface area contributed by atoms with Crippen molar-refractivity contribution in [3.8, 4) is 5.69 Å². The molecule has 0 atom stereocenters. The second-order valence-electron chi connectivity index (χ2n) is 5.65. The van der Waals surface area contributed by atoms with E-state index in [-0.39, 0.29) is 34.5 Å². The maximum atomic E-state index is 12.7. The Hall–Kier alpha value is -3.82. The Labute approximate surface area is 145 Å². The lowest BCUT2D eigenvalue weighted by molar-refractivity contribution is -0.384. The molecule has 3 heterocycles. The van der Waals surface area contributed by atoms with E-state index in [1.54, 1.807) is 31.2 Å². The Morgan fingerprint density at radius 3 is 2.85 bits per heavy atom. The zero-order chi connectivity index (χ0) is 18.3. The largest absolute Gasteiger partial charge is 0.359 e. The first kappa shape index (κ1) is 15.7. The zero-order valence-corrected chi connectivity index (χ0v) is 13.6. The van der Waals surface area contributed by atoms with Crippen LogP contribution in [0.4, 0.5) is 5.69 Å². The van der Waals surface area contributed by atoms with E-state index >= 15 is 0 Å². The monoisotopic (exact) mass is 352 g/mol. The van der Waals surface area contributed by atoms with Crippen LogP contribution in [-0.2, 0) is 6.54 Å². The summed E-state index contributed by atoms with van der Waals surface area (Å²) in [7, 11) is 0. The molecule has 0 aliphatic rings. The fourth-order valence-corrected chi connectivity index (χ4v) is 2.69. The molecular weight excluding hydrogens is 340 g/mol. The summed E-state index contributed by atoms with van der Waals surface area (Å²) in [5, 5.41) is 19.4. The molecule has 10 nitrogen and oxygen atoms in total. The minimum absolute atomic E-state index is 0.124. The normalized spacial score (nSPS) is 11.1. The molecule has 0 aliphatic carbocycles. The number of benzene rings is 1. The Morgan fingerprint density at radius 2 is 2.12 bits per heavy atom. The highest BCUT2D eigenvalue weighted by Gasteiger charge is 2.19. The van der Waals surface area contributed by atoms with Crippen LogP contribution in [0, 0.1) is 17.0 Å². The molecule has 1 aromatic carbocycles. The molecular formula is C16H12N6O4. The van der Waals surface area contributed by atoms with Gasteiger partial charge in [0.15, 0.2) is 11.4 Å². The van der Waals surface area contributed by atoms with E-state index < -0.39 is 4.92 Å². The molecule has 4 aromatic rings. The first-order valence-electron chi connectivity index (χ1n) is 7.64. The number of nitro benzene ring substituents is 1. The molecule has 10 heteroatoms. The molecule has 0 unspecified atom stereocenters. The van der Waals surface area contributed by atoms with Crippen LogP contribution in [0.15, 0.2) is 52.2 Å². The number of fused-ring (bicyclic) bond motifs is 1. The van der Waals surface area contributed by atoms with Crippen LogP contribution in [0.1, 0.15) is 11.5 Å². The van der Waals surface area contributed by atoms with Gasteiger partial charge in [0.25, 0.3) is 11.2 Å². The molecule has 0 spiro atoms. The van der Waals surface area contributed by atoms with Crippen molar-refractivity contribution in [1.82, 2.24) is 24.5 Å². The maximum absolute atomic E-state index is 12.7. The SMILES string of the molecule is Cc1cc(Cn2cnc3c(cnn3-c3ccccc3[N+](=O)[O-])c2=O)on1. The quantitative estimate of drug-likeness (QED) is 0.405. The summed E-state index contributed by atoms with van der Waals surface area (Å²) in [6, 6.07) is 7.87. The summed E-state index contributed by atoms with van der Waals surface area (Å²) >= 11 is 0. The van der Waals surface area contributed by atoms with Crippen LogP contribution in [0.25, 0.3) is 16.7 Å². The number of nitro groups is 1. The van der Waals surface area contributed by atoms with Crippen molar-refractivity contribution < 1.29 is 9.45 Å². The Kier molecular flexibility index (Phi) is 3.57. The summed E-state index contributed by atoms with van der Waals surface area (Å²) in [5.74, 6) is 0.525. The van der Waals surface area contributed by atoms with Gasteiger partial charge < -0.3 is 4.52 Å². The molecule has 26 heavy (non-hydrogen) atoms. The number of rotatable bonds is 4. The highest BCUT2D eigenvalue weighted by atomic mass is 16.6. The van der Waals surface area contributed by atoms with Gasteiger partial charge in [0.2, 0.25) is 0 Å². The van der Waals surface area contributed by atoms with Gasteiger partial charge >= 0.3 is 0 Å². The van der Waals surface area contributed by atoms with Gasteiger partial charge in [-0.2, -0.15) is 5.10 Å². The van der Waals surface area contributed by atoms with Crippen molar-refractivity contribution in [2.75, 3.05) is 0 Å². The minimum atomic E-state index is -0.504. The van der Waals surface area contributed by atoms with Gasteiger partial charge in [0.1, 0.15) is 17.4 Å². The lowest BCUT2D eigenvalue weighted by atomic mass is 10.2. The lowest BCUT2D eigenvalue weighted by Gasteiger charge is -2.05. The van der Waals surface area contributed by atoms with Crippen LogP contribution in [0.2, 0.25) is 0 Å². The average Bonchev–Trinajstić information content (AvgIpc) is 3.24. The third-order valence-corrected chi connectivity index (χ3v) is 3.86. The molecule has 130 valence electrons. The number of para-hydroxylation sites is 2. The summed E-state index contributed by atoms with van der Waals surface area (Å²) < 4.78 is 7.78. The second kappa shape index (κ2) is 5.92. The van der Waals surface area contributed by atoms with E-state index in [0.717, 1.165) is 0 Å². The van der Waals surface area contributed by atoms with Crippen LogP contribution in [-0.4, -0.2) is 29.4 Å². The molecule has 0 amide bonds. The van der Waals surface area contributed by atoms with E-state index in [1.165, 1.54) is 27.8 Å². The van der Waals surface area contributed by atoms with E-state index in [4.69, 9.17) is 4.52 Å². The maximum Gasteiger partial charge on any atom is 0.294 e. The van der Waals surface area contributed by atoms with Gasteiger partial charge in [0.05, 0.1) is 23.4 Å². The molecule has 0 fully saturated rings. The fourth-order valence-electron chi connectivity index (χ4n) is 2.69. The van der Waals surface area contributed by atoms with Gasteiger partial charge in [-0.25, -0.2) is 9.67 Å². The average molecular weight is 352 g/mol. The number of nitrogens with zero attached hydrogens (tertiary/aromatic N) is 6. The van der Waals surface area contributed by atoms with Crippen molar-refractivity contribution >= 4 is 16.7 Å². The summed E-state index contributed by atoms with van der Waals surface area (Å²) in [6.07, 6.45) is 2.71. The molecule has 0 aliphatic heterocycles. The number of aromatic nitrogens is 5. The highest BCUT2D eigenvalue weighted by molar-refractivity contribution is 5.76. The molecule has 4 rings (SSSR count). The van der Waals surface area contributed by atoms with E-state index in [2.05, 4.69) is 15.2 Å². The van der Waals surface area contributed by atoms with E-state index in [1.807, 2.05) is 0 Å². The number of aryl methyl sites for hydroxylation is 1. The third kappa shape index (κ3) is 2.53. The Balaban J connectivity index is 1.82. The van der Waals surface area contributed by atoms with Gasteiger partial charge in [-0.05, 0) is 13.0 Å². The summed E-state index contributed by atoms with van der Waals surface area (Å²) in [6.45, 7) is 1.97. The Bertz CT molecular complexity index is 1190. The van der Waals surface area contributed by atoms with Crippen LogP contribution >= 0.6 is 0 Å². The number of hydrogen-bond donors (Lipinski definition) is 0. The fraction of sp³-hybridized carbons (Fsp3) is 0.125. The van der Waals surface area contributed by atoms with Crippen LogP contribution in [0.5, 0.6) is 0 Å². The number of hydrogen-bond acceptors (Lipinski definition) is 7. The molecule has 0 bridgehead atoms. The van der Waals surface area contributed by atoms with Gasteiger partial charge in [-0.15, -0.1) is 0 Å². The summed E-state index contributed by atoms with van der Waals surface area (Å²) in [4.78, 5) is 27.7. The molecule has 0 radical (unpaired) electrons. The van der Waals surface area contributed by atoms with Crippen molar-refractivity contribution in [2.24, 2.45) is 0 Å². The topological polar surface area (TPSA) is 122 Å².